The minimum Gasteiger partial charge on any atom is -0.473 e. The van der Waals surface area contributed by atoms with Gasteiger partial charge in [0, 0.05) is 24.1 Å². The number of anilines is 1. The van der Waals surface area contributed by atoms with E-state index in [4.69, 9.17) is 9.47 Å². The van der Waals surface area contributed by atoms with Crippen molar-refractivity contribution in [3.63, 3.8) is 0 Å². The fourth-order valence-electron chi connectivity index (χ4n) is 4.25. The summed E-state index contributed by atoms with van der Waals surface area (Å²) in [4.78, 5) is 0. The Morgan fingerprint density at radius 2 is 1.86 bits per heavy atom. The van der Waals surface area contributed by atoms with Crippen molar-refractivity contribution in [1.82, 2.24) is 8.75 Å². The lowest BCUT2D eigenvalue weighted by Crippen LogP contribution is -2.37. The molecular formula is C19H22F3N3O2S. The summed E-state index contributed by atoms with van der Waals surface area (Å²) >= 11 is 0.949. The summed E-state index contributed by atoms with van der Waals surface area (Å²) in [6.07, 6.45) is -1.96. The molecule has 4 atom stereocenters. The van der Waals surface area contributed by atoms with E-state index in [1.807, 2.05) is 18.2 Å². The summed E-state index contributed by atoms with van der Waals surface area (Å²) in [6, 6.07) is 10.5. The first-order valence-electron chi connectivity index (χ1n) is 9.48. The van der Waals surface area contributed by atoms with Crippen molar-refractivity contribution < 1.29 is 22.6 Å². The number of rotatable bonds is 8. The molecule has 2 bridgehead atoms. The van der Waals surface area contributed by atoms with Gasteiger partial charge in [0.05, 0.1) is 18.3 Å². The molecule has 0 amide bonds. The number of aromatic nitrogens is 2. The molecular weight excluding hydrogens is 391 g/mol. The van der Waals surface area contributed by atoms with Crippen LogP contribution in [0.5, 0.6) is 11.8 Å². The first-order chi connectivity index (χ1) is 13.5. The SMILES string of the molecule is FC(F)(F)CCCOc1nsnc1OC1CC2CC(Nc3ccccc3)C1C2. The maximum Gasteiger partial charge on any atom is 0.389 e. The average Bonchev–Trinajstić information content (AvgIpc) is 3.35. The van der Waals surface area contributed by atoms with Crippen LogP contribution in [0.4, 0.5) is 18.9 Å². The van der Waals surface area contributed by atoms with Gasteiger partial charge in [0.15, 0.2) is 0 Å². The molecule has 2 fully saturated rings. The third-order valence-corrected chi connectivity index (χ3v) is 5.91. The maximum atomic E-state index is 12.2. The number of benzene rings is 1. The van der Waals surface area contributed by atoms with Crippen LogP contribution in [-0.2, 0) is 0 Å². The molecule has 1 aromatic carbocycles. The van der Waals surface area contributed by atoms with Gasteiger partial charge < -0.3 is 14.8 Å². The second-order valence-electron chi connectivity index (χ2n) is 7.45. The molecule has 5 nitrogen and oxygen atoms in total. The van der Waals surface area contributed by atoms with E-state index in [2.05, 4.69) is 26.2 Å². The predicted octanol–water partition coefficient (Wildman–Crippen LogP) is 4.92. The monoisotopic (exact) mass is 413 g/mol. The first-order valence-corrected chi connectivity index (χ1v) is 10.2. The highest BCUT2D eigenvalue weighted by atomic mass is 32.1. The molecule has 0 spiro atoms. The van der Waals surface area contributed by atoms with E-state index in [0.717, 1.165) is 36.7 Å². The normalized spacial score (nSPS) is 26.4. The molecule has 28 heavy (non-hydrogen) atoms. The number of fused-ring (bicyclic) bond motifs is 2. The Morgan fingerprint density at radius 1 is 1.07 bits per heavy atom. The molecule has 2 aliphatic carbocycles. The summed E-state index contributed by atoms with van der Waals surface area (Å²) in [5.41, 5.74) is 1.10. The lowest BCUT2D eigenvalue weighted by Gasteiger charge is -2.30. The lowest BCUT2D eigenvalue weighted by molar-refractivity contribution is -0.136. The van der Waals surface area contributed by atoms with E-state index in [-0.39, 0.29) is 25.0 Å². The molecule has 2 saturated carbocycles. The third kappa shape index (κ3) is 4.68. The highest BCUT2D eigenvalue weighted by Crippen LogP contribution is 2.47. The molecule has 9 heteroatoms. The Kier molecular flexibility index (Phi) is 5.61. The number of para-hydroxylation sites is 1. The van der Waals surface area contributed by atoms with Gasteiger partial charge in [0.25, 0.3) is 11.8 Å². The fourth-order valence-corrected chi connectivity index (χ4v) is 4.69. The van der Waals surface area contributed by atoms with Crippen molar-refractivity contribution in [1.29, 1.82) is 0 Å². The topological polar surface area (TPSA) is 56.3 Å². The molecule has 0 radical (unpaired) electrons. The van der Waals surface area contributed by atoms with Crippen LogP contribution < -0.4 is 14.8 Å². The Hall–Kier alpha value is -2.03. The third-order valence-electron chi connectivity index (χ3n) is 5.42. The quantitative estimate of drug-likeness (QED) is 0.623. The van der Waals surface area contributed by atoms with Crippen LogP contribution >= 0.6 is 11.7 Å². The molecule has 2 aliphatic rings. The van der Waals surface area contributed by atoms with E-state index < -0.39 is 12.6 Å². The summed E-state index contributed by atoms with van der Waals surface area (Å²) in [6.45, 7) is -0.0593. The predicted molar refractivity (Wildman–Crippen MR) is 99.8 cm³/mol. The summed E-state index contributed by atoms with van der Waals surface area (Å²) < 4.78 is 56.4. The minimum absolute atomic E-state index is 0.0152. The van der Waals surface area contributed by atoms with Crippen molar-refractivity contribution in [2.45, 2.75) is 50.4 Å². The molecule has 0 aliphatic heterocycles. The van der Waals surface area contributed by atoms with E-state index in [0.29, 0.717) is 23.8 Å². The van der Waals surface area contributed by atoms with Crippen LogP contribution in [0.25, 0.3) is 0 Å². The average molecular weight is 413 g/mol. The number of halogens is 3. The van der Waals surface area contributed by atoms with Gasteiger partial charge >= 0.3 is 6.18 Å². The zero-order chi connectivity index (χ0) is 19.6. The standard InChI is InChI=1S/C19H22F3N3O2S/c20-19(21,22)7-4-8-26-17-18(25-28-24-17)27-16-11-12-9-14(16)15(10-12)23-13-5-2-1-3-6-13/h1-3,5-6,12,14-16,23H,4,7-11H2. The molecule has 1 N–H and O–H groups in total. The van der Waals surface area contributed by atoms with E-state index in [1.54, 1.807) is 0 Å². The Balaban J connectivity index is 1.32. The number of hydrogen-bond donors (Lipinski definition) is 1. The zero-order valence-electron chi connectivity index (χ0n) is 15.2. The largest absolute Gasteiger partial charge is 0.473 e. The number of ether oxygens (including phenoxy) is 2. The van der Waals surface area contributed by atoms with Gasteiger partial charge in [-0.25, -0.2) is 0 Å². The molecule has 0 saturated heterocycles. The summed E-state index contributed by atoms with van der Waals surface area (Å²) in [5.74, 6) is 1.47. The highest BCUT2D eigenvalue weighted by Gasteiger charge is 2.48. The van der Waals surface area contributed by atoms with Crippen molar-refractivity contribution in [2.75, 3.05) is 11.9 Å². The zero-order valence-corrected chi connectivity index (χ0v) is 16.0. The van der Waals surface area contributed by atoms with Crippen LogP contribution in [0.3, 0.4) is 0 Å². The smallest absolute Gasteiger partial charge is 0.389 e. The van der Waals surface area contributed by atoms with Gasteiger partial charge in [0.1, 0.15) is 6.10 Å². The van der Waals surface area contributed by atoms with Gasteiger partial charge in [-0.2, -0.15) is 13.2 Å². The van der Waals surface area contributed by atoms with Crippen LogP contribution in [0.15, 0.2) is 30.3 Å². The van der Waals surface area contributed by atoms with Gasteiger partial charge in [-0.1, -0.05) is 18.2 Å². The van der Waals surface area contributed by atoms with Crippen LogP contribution in [0.1, 0.15) is 32.1 Å². The molecule has 1 heterocycles. The minimum atomic E-state index is -4.17. The molecule has 4 unspecified atom stereocenters. The maximum absolute atomic E-state index is 12.2. The van der Waals surface area contributed by atoms with Crippen LogP contribution in [0, 0.1) is 11.8 Å². The fraction of sp³-hybridized carbons (Fsp3) is 0.579. The molecule has 1 aromatic heterocycles. The van der Waals surface area contributed by atoms with E-state index in [1.165, 1.54) is 0 Å². The van der Waals surface area contributed by atoms with E-state index in [9.17, 15) is 13.2 Å². The Labute approximate surface area is 165 Å². The summed E-state index contributed by atoms with van der Waals surface area (Å²) in [7, 11) is 0. The Bertz CT molecular complexity index is 771. The second-order valence-corrected chi connectivity index (χ2v) is 7.98. The van der Waals surface area contributed by atoms with Gasteiger partial charge in [0.2, 0.25) is 0 Å². The second kappa shape index (κ2) is 8.14. The Morgan fingerprint density at radius 3 is 2.61 bits per heavy atom. The number of alkyl halides is 3. The van der Waals surface area contributed by atoms with E-state index >= 15 is 0 Å². The number of nitrogens with zero attached hydrogens (tertiary/aromatic N) is 2. The molecule has 2 aromatic rings. The van der Waals surface area contributed by atoms with Crippen molar-refractivity contribution in [2.24, 2.45) is 11.8 Å². The van der Waals surface area contributed by atoms with Crippen LogP contribution in [0.2, 0.25) is 0 Å². The van der Waals surface area contributed by atoms with Gasteiger partial charge in [-0.05, 0) is 43.7 Å². The highest BCUT2D eigenvalue weighted by molar-refractivity contribution is 6.99. The van der Waals surface area contributed by atoms with Crippen LogP contribution in [-0.4, -0.2) is 33.7 Å². The van der Waals surface area contributed by atoms with Gasteiger partial charge in [-0.3, -0.25) is 0 Å². The van der Waals surface area contributed by atoms with Crippen molar-refractivity contribution >= 4 is 17.4 Å². The number of nitrogens with one attached hydrogen (secondary N) is 1. The first kappa shape index (κ1) is 19.3. The number of hydrogen-bond acceptors (Lipinski definition) is 6. The molecule has 152 valence electrons. The van der Waals surface area contributed by atoms with Gasteiger partial charge in [-0.15, -0.1) is 8.75 Å². The summed E-state index contributed by atoms with van der Waals surface area (Å²) in [5, 5.41) is 3.60. The van der Waals surface area contributed by atoms with Crippen molar-refractivity contribution in [3.8, 4) is 11.8 Å². The molecule has 4 rings (SSSR count). The lowest BCUT2D eigenvalue weighted by atomic mass is 9.92. The van der Waals surface area contributed by atoms with Crippen molar-refractivity contribution in [3.05, 3.63) is 30.3 Å².